The van der Waals surface area contributed by atoms with Gasteiger partial charge in [-0.05, 0) is 127 Å². The van der Waals surface area contributed by atoms with Crippen LogP contribution < -0.4 is 47.1 Å². The summed E-state index contributed by atoms with van der Waals surface area (Å²) in [6, 6.07) is 49.4. The van der Waals surface area contributed by atoms with Gasteiger partial charge in [0.05, 0.1) is 23.7 Å². The third kappa shape index (κ3) is 13.1. The van der Waals surface area contributed by atoms with E-state index in [2.05, 4.69) is 104 Å². The molecule has 2 fully saturated rings. The molecule has 0 saturated carbocycles. The van der Waals surface area contributed by atoms with E-state index in [1.807, 2.05) is 42.5 Å². The molecule has 3 aromatic heterocycles. The van der Waals surface area contributed by atoms with Crippen LogP contribution >= 0.6 is 11.6 Å². The molecule has 0 amide bonds. The number of sulfone groups is 1. The fourth-order valence-electron chi connectivity index (χ4n) is 12.1. The number of hydroxylamine groups is 2. The maximum atomic E-state index is 15.1. The van der Waals surface area contributed by atoms with Crippen LogP contribution in [0.15, 0.2) is 195 Å². The van der Waals surface area contributed by atoms with Crippen molar-refractivity contribution >= 4 is 72.9 Å². The highest BCUT2D eigenvalue weighted by molar-refractivity contribution is 7.91. The lowest BCUT2D eigenvalue weighted by atomic mass is 10.0. The van der Waals surface area contributed by atoms with E-state index >= 15 is 4.79 Å². The second kappa shape index (κ2) is 26.3. The van der Waals surface area contributed by atoms with Gasteiger partial charge in [-0.25, -0.2) is 18.4 Å². The molecule has 3 aliphatic rings. The van der Waals surface area contributed by atoms with Crippen molar-refractivity contribution in [1.29, 1.82) is 0 Å². The first kappa shape index (κ1) is 61.4. The number of rotatable bonds is 19. The molecule has 9 aromatic rings. The Kier molecular flexibility index (Phi) is 18.0. The first-order valence-corrected chi connectivity index (χ1v) is 32.8. The van der Waals surface area contributed by atoms with E-state index < -0.39 is 14.6 Å². The van der Waals surface area contributed by atoms with Crippen molar-refractivity contribution in [3.8, 4) is 22.3 Å². The lowest BCUT2D eigenvalue weighted by molar-refractivity contribution is -0.288. The van der Waals surface area contributed by atoms with Crippen molar-refractivity contribution in [3.05, 3.63) is 228 Å². The van der Waals surface area contributed by atoms with Crippen molar-refractivity contribution in [1.82, 2.24) is 33.7 Å². The zero-order valence-electron chi connectivity index (χ0n) is 51.1. The molecule has 0 bridgehead atoms. The minimum absolute atomic E-state index is 0.00654. The summed E-state index contributed by atoms with van der Waals surface area (Å²) in [6.45, 7) is 13.4. The van der Waals surface area contributed by atoms with Crippen LogP contribution in [0.5, 0.6) is 0 Å². The number of halogens is 1. The number of quaternary nitrogens is 1. The Balaban J connectivity index is 0.746. The Morgan fingerprint density at radius 3 is 1.91 bits per heavy atom. The van der Waals surface area contributed by atoms with Gasteiger partial charge in [-0.3, -0.25) is 23.6 Å². The van der Waals surface area contributed by atoms with E-state index in [1.54, 1.807) is 91.3 Å². The van der Waals surface area contributed by atoms with Crippen LogP contribution in [0.25, 0.3) is 39.4 Å². The first-order valence-electron chi connectivity index (χ1n) is 30.7. The highest BCUT2D eigenvalue weighted by atomic mass is 35.5. The molecule has 0 atom stereocenters. The third-order valence-corrected chi connectivity index (χ3v) is 19.7. The minimum atomic E-state index is -3.62. The SMILES string of the molecule is CCC1=C(Nc2ccc(N3CCN(C)CC3)cc2)N=c2c(cc(-c3ccc(CN4CCN(c5ccc(Nc6ncc7cc(-c8ccccc8Cl)c(=O)n(Cc8ccccc8[N+](O)(O)CC)c7n6)cc5)CC4)cc3)c(=O)n2Cc2ccccc2S(=O)(=O)CC)=CC1. The maximum absolute atomic E-state index is 15.1. The molecule has 0 spiro atoms. The van der Waals surface area contributed by atoms with Crippen molar-refractivity contribution in [3.63, 3.8) is 0 Å². The average Bonchev–Trinajstić information content (AvgIpc) is 1.11. The highest BCUT2D eigenvalue weighted by Crippen LogP contribution is 2.32. The van der Waals surface area contributed by atoms with Crippen LogP contribution in [0.1, 0.15) is 50.3 Å². The van der Waals surface area contributed by atoms with Crippen LogP contribution in [-0.2, 0) is 29.5 Å². The van der Waals surface area contributed by atoms with Gasteiger partial charge in [-0.2, -0.15) is 15.4 Å². The van der Waals surface area contributed by atoms with E-state index in [4.69, 9.17) is 21.6 Å². The number of nitrogens with zero attached hydrogens (tertiary/aromatic N) is 10. The first-order chi connectivity index (χ1) is 43.6. The molecule has 6 heterocycles. The standard InChI is InChI=1S/C70H73ClN12O6S/c1-5-49-24-25-51-42-60(68(84)82(47-53-15-9-13-19-64(53)90(88,89)7-3)66(51)75-65(49)73-55-26-30-57(31-27-55)79-38-34-77(4)35-39-79)50-22-20-48(21-23-50)45-78-36-40-80(41-37-78)58-32-28-56(29-33-58)74-70-72-44-54-43-61(59-16-10-11-17-62(59)71)69(85)81(67(54)76-70)46-52-14-8-12-18-63(52)83(86,87)6-2/h8-23,25-33,42-44,73,86-87H,5-7,24,34-41,45-47H2,1-4H3/p+1. The third-order valence-electron chi connectivity index (χ3n) is 17.5. The number of benzene rings is 6. The van der Waals surface area contributed by atoms with Crippen LogP contribution in [0, 0.1) is 0 Å². The Hall–Kier alpha value is -8.79. The molecule has 90 heavy (non-hydrogen) atoms. The number of hydrogen-bond donors (Lipinski definition) is 4. The van der Waals surface area contributed by atoms with E-state index in [0.29, 0.717) is 61.6 Å². The van der Waals surface area contributed by atoms with Gasteiger partial charge in [0, 0.05) is 132 Å². The van der Waals surface area contributed by atoms with E-state index in [0.717, 1.165) is 104 Å². The monoisotopic (exact) mass is 1250 g/mol. The lowest BCUT2D eigenvalue weighted by Gasteiger charge is -2.36. The number of piperazine rings is 2. The van der Waals surface area contributed by atoms with Gasteiger partial charge in [-0.1, -0.05) is 110 Å². The molecule has 12 rings (SSSR count). The number of anilines is 5. The molecule has 2 saturated heterocycles. The van der Waals surface area contributed by atoms with Crippen LogP contribution in [0.2, 0.25) is 5.02 Å². The Morgan fingerprint density at radius 2 is 1.24 bits per heavy atom. The molecule has 20 heteroatoms. The van der Waals surface area contributed by atoms with Gasteiger partial charge in [0.1, 0.15) is 23.5 Å². The van der Waals surface area contributed by atoms with E-state index in [-0.39, 0.29) is 53.0 Å². The largest absolute Gasteiger partial charge is 0.369 e. The van der Waals surface area contributed by atoms with Crippen molar-refractivity contribution in [2.24, 2.45) is 4.99 Å². The number of fused-ring (bicyclic) bond motifs is 2. The number of allylic oxidation sites excluding steroid dienone is 1. The molecule has 462 valence electrons. The number of hydrogen-bond acceptors (Lipinski definition) is 15. The summed E-state index contributed by atoms with van der Waals surface area (Å²) in [5.41, 5.74) is 9.80. The number of nitrogens with one attached hydrogen (secondary N) is 2. The quantitative estimate of drug-likeness (QED) is 0.0441. The summed E-state index contributed by atoms with van der Waals surface area (Å²) in [4.78, 5) is 52.8. The average molecular weight is 1250 g/mol. The number of pyridine rings is 2. The summed E-state index contributed by atoms with van der Waals surface area (Å²) < 4.78 is 30.2. The van der Waals surface area contributed by atoms with Crippen LogP contribution in [0.3, 0.4) is 0 Å². The van der Waals surface area contributed by atoms with Gasteiger partial charge in [0.2, 0.25) is 11.6 Å². The second-order valence-electron chi connectivity index (χ2n) is 23.2. The normalized spacial score (nSPS) is 15.1. The zero-order chi connectivity index (χ0) is 62.7. The van der Waals surface area contributed by atoms with Crippen LogP contribution in [-0.4, -0.2) is 119 Å². The minimum Gasteiger partial charge on any atom is -0.369 e. The van der Waals surface area contributed by atoms with E-state index in [9.17, 15) is 23.6 Å². The summed E-state index contributed by atoms with van der Waals surface area (Å²) in [5.74, 6) is 0.889. The molecule has 3 aliphatic heterocycles. The summed E-state index contributed by atoms with van der Waals surface area (Å²) in [5, 5.41) is 30.5. The topological polar surface area (TPSA) is 194 Å². The zero-order valence-corrected chi connectivity index (χ0v) is 52.6. The smallest absolute Gasteiger partial charge is 0.260 e. The second-order valence-corrected chi connectivity index (χ2v) is 25.9. The molecule has 4 N–H and O–H groups in total. The Morgan fingerprint density at radius 1 is 0.633 bits per heavy atom. The molecule has 18 nitrogen and oxygen atoms in total. The fourth-order valence-corrected chi connectivity index (χ4v) is 13.5. The van der Waals surface area contributed by atoms with Gasteiger partial charge in [-0.15, -0.1) is 0 Å². The number of aromatic nitrogens is 4. The van der Waals surface area contributed by atoms with Gasteiger partial charge >= 0.3 is 0 Å². The number of likely N-dealkylation sites (N-methyl/N-ethyl adjacent to an activating group) is 1. The highest BCUT2D eigenvalue weighted by Gasteiger charge is 2.29. The fraction of sp³-hybridized carbons (Fsp3) is 0.271. The molecule has 6 aromatic carbocycles. The van der Waals surface area contributed by atoms with Crippen molar-refractivity contribution in [2.75, 3.05) is 92.1 Å². The van der Waals surface area contributed by atoms with Gasteiger partial charge < -0.3 is 25.3 Å². The lowest BCUT2D eigenvalue weighted by Crippen LogP contribution is -2.45. The van der Waals surface area contributed by atoms with Gasteiger partial charge in [0.15, 0.2) is 9.84 Å². The predicted molar refractivity (Wildman–Crippen MR) is 359 cm³/mol. The maximum Gasteiger partial charge on any atom is 0.260 e. The molecule has 0 unspecified atom stereocenters. The summed E-state index contributed by atoms with van der Waals surface area (Å²) in [7, 11) is -1.46. The molecular formula is C70H74ClN12O6S+. The van der Waals surface area contributed by atoms with E-state index in [1.165, 1.54) is 10.3 Å². The summed E-state index contributed by atoms with van der Waals surface area (Å²) >= 11 is 6.63. The number of para-hydroxylation sites is 1. The summed E-state index contributed by atoms with van der Waals surface area (Å²) in [6.07, 6.45) is 5.15. The predicted octanol–water partition coefficient (Wildman–Crippen LogP) is 10.3. The van der Waals surface area contributed by atoms with Crippen LogP contribution in [0.4, 0.5) is 34.4 Å². The Labute approximate surface area is 528 Å². The van der Waals surface area contributed by atoms with Crippen molar-refractivity contribution in [2.45, 2.75) is 58.1 Å². The molecule has 0 aliphatic carbocycles. The Bertz CT molecular complexity index is 4540. The molecular weight excluding hydrogens is 1170 g/mol. The van der Waals surface area contributed by atoms with Crippen molar-refractivity contribution < 1.29 is 18.8 Å². The van der Waals surface area contributed by atoms with Gasteiger partial charge in [0.25, 0.3) is 11.1 Å². The molecule has 0 radical (unpaired) electrons.